The quantitative estimate of drug-likeness (QED) is 0.621. The molecule has 4 nitrogen and oxygen atoms in total. The van der Waals surface area contributed by atoms with Gasteiger partial charge in [0.25, 0.3) is 0 Å². The number of hydrogen-bond donors (Lipinski definition) is 0. The van der Waals surface area contributed by atoms with Gasteiger partial charge >= 0.3 is 5.97 Å². The van der Waals surface area contributed by atoms with Gasteiger partial charge in [-0.1, -0.05) is 67.6 Å². The summed E-state index contributed by atoms with van der Waals surface area (Å²) >= 11 is 0. The smallest absolute Gasteiger partial charge is 0.321 e. The Morgan fingerprint density at radius 2 is 1.70 bits per heavy atom. The molecule has 0 unspecified atom stereocenters. The van der Waals surface area contributed by atoms with Gasteiger partial charge in [-0.15, -0.1) is 0 Å². The van der Waals surface area contributed by atoms with Crippen molar-refractivity contribution in [3.05, 3.63) is 90.0 Å². The maximum absolute atomic E-state index is 13.2. The summed E-state index contributed by atoms with van der Waals surface area (Å²) in [6.45, 7) is 2.78. The molecular formula is C23H24N2O2. The van der Waals surface area contributed by atoms with Gasteiger partial charge in [0.2, 0.25) is 0 Å². The highest BCUT2D eigenvalue weighted by atomic mass is 16.6. The van der Waals surface area contributed by atoms with Crippen LogP contribution in [-0.2, 0) is 27.9 Å². The summed E-state index contributed by atoms with van der Waals surface area (Å²) in [5.74, 6) is 0.882. The van der Waals surface area contributed by atoms with Gasteiger partial charge in [0.05, 0.1) is 6.54 Å². The molecule has 0 amide bonds. The lowest BCUT2D eigenvalue weighted by molar-refractivity contribution is -0.145. The number of nitrogens with zero attached hydrogens (tertiary/aromatic N) is 2. The number of carbonyl (C=O) groups is 1. The van der Waals surface area contributed by atoms with Crippen LogP contribution in [-0.4, -0.2) is 21.6 Å². The van der Waals surface area contributed by atoms with Crippen LogP contribution in [0, 0.1) is 0 Å². The highest BCUT2D eigenvalue weighted by Gasteiger charge is 2.51. The topological polar surface area (TPSA) is 44.1 Å². The maximum atomic E-state index is 13.2. The second-order valence-electron chi connectivity index (χ2n) is 7.11. The van der Waals surface area contributed by atoms with Crippen molar-refractivity contribution in [3.8, 4) is 0 Å². The summed E-state index contributed by atoms with van der Waals surface area (Å²) in [6, 6.07) is 20.0. The Morgan fingerprint density at radius 3 is 2.30 bits per heavy atom. The van der Waals surface area contributed by atoms with E-state index < -0.39 is 5.41 Å². The minimum absolute atomic E-state index is 0.165. The molecule has 138 valence electrons. The molecule has 0 saturated carbocycles. The number of hydrogen-bond acceptors (Lipinski definition) is 3. The number of esters is 1. The molecule has 1 aliphatic rings. The first-order chi connectivity index (χ1) is 13.2. The Balaban J connectivity index is 1.69. The number of aryl methyl sites for hydroxylation is 1. The Hall–Kier alpha value is -2.88. The summed E-state index contributed by atoms with van der Waals surface area (Å²) in [5, 5.41) is 0. The molecule has 0 bridgehead atoms. The highest BCUT2D eigenvalue weighted by Crippen LogP contribution is 2.43. The number of imidazole rings is 1. The van der Waals surface area contributed by atoms with Gasteiger partial charge in [-0.25, -0.2) is 4.98 Å². The predicted octanol–water partition coefficient (Wildman–Crippen LogP) is 4.14. The van der Waals surface area contributed by atoms with Gasteiger partial charge in [-0.3, -0.25) is 4.79 Å². The second-order valence-corrected chi connectivity index (χ2v) is 7.11. The fourth-order valence-corrected chi connectivity index (χ4v) is 4.08. The molecule has 4 heteroatoms. The Bertz CT molecular complexity index is 863. The third-order valence-electron chi connectivity index (χ3n) is 5.36. The number of cyclic esters (lactones) is 1. The van der Waals surface area contributed by atoms with Crippen molar-refractivity contribution in [2.45, 2.75) is 44.2 Å². The van der Waals surface area contributed by atoms with E-state index in [0.29, 0.717) is 13.0 Å². The number of benzene rings is 2. The van der Waals surface area contributed by atoms with Crippen LogP contribution in [0.2, 0.25) is 0 Å². The molecular weight excluding hydrogens is 336 g/mol. The zero-order valence-electron chi connectivity index (χ0n) is 15.5. The van der Waals surface area contributed by atoms with Gasteiger partial charge in [-0.05, 0) is 17.5 Å². The average molecular weight is 360 g/mol. The Morgan fingerprint density at radius 1 is 1.07 bits per heavy atom. The van der Waals surface area contributed by atoms with Gasteiger partial charge in [0.15, 0.2) is 0 Å². The van der Waals surface area contributed by atoms with Crippen LogP contribution in [0.4, 0.5) is 0 Å². The zero-order chi connectivity index (χ0) is 18.7. The minimum Gasteiger partial charge on any atom is -0.459 e. The van der Waals surface area contributed by atoms with Crippen LogP contribution in [0.15, 0.2) is 73.1 Å². The minimum atomic E-state index is -0.751. The highest BCUT2D eigenvalue weighted by molar-refractivity contribution is 5.89. The van der Waals surface area contributed by atoms with Crippen molar-refractivity contribution < 1.29 is 9.53 Å². The molecule has 1 fully saturated rings. The molecule has 0 N–H and O–H groups in total. The SMILES string of the molecule is CCCc1nccn1C[C@H]1CC(c2ccccc2)(c2ccccc2)C(=O)O1. The lowest BCUT2D eigenvalue weighted by atomic mass is 9.72. The molecule has 4 rings (SSSR count). The first-order valence-electron chi connectivity index (χ1n) is 9.56. The molecule has 27 heavy (non-hydrogen) atoms. The van der Waals surface area contributed by atoms with Crippen LogP contribution < -0.4 is 0 Å². The van der Waals surface area contributed by atoms with Crippen LogP contribution in [0.1, 0.15) is 36.7 Å². The van der Waals surface area contributed by atoms with Crippen molar-refractivity contribution >= 4 is 5.97 Å². The number of ether oxygens (including phenoxy) is 1. The van der Waals surface area contributed by atoms with Crippen molar-refractivity contribution in [2.75, 3.05) is 0 Å². The fourth-order valence-electron chi connectivity index (χ4n) is 4.08. The van der Waals surface area contributed by atoms with E-state index in [4.69, 9.17) is 4.74 Å². The number of carbonyl (C=O) groups excluding carboxylic acids is 1. The standard InChI is InChI=1S/C23H24N2O2/c1-2-9-21-24-14-15-25(21)17-20-16-23(22(26)27-20,18-10-5-3-6-11-18)19-12-7-4-8-13-19/h3-8,10-15,20H,2,9,16-17H2,1H3/t20-/m1/s1. The molecule has 2 heterocycles. The van der Waals surface area contributed by atoms with Gasteiger partial charge in [0, 0.05) is 25.2 Å². The van der Waals surface area contributed by atoms with Crippen molar-refractivity contribution in [1.82, 2.24) is 9.55 Å². The van der Waals surface area contributed by atoms with Crippen molar-refractivity contribution in [1.29, 1.82) is 0 Å². The van der Waals surface area contributed by atoms with Gasteiger partial charge < -0.3 is 9.30 Å². The Kier molecular flexibility index (Phi) is 4.80. The van der Waals surface area contributed by atoms with E-state index in [1.807, 2.05) is 73.1 Å². The Labute approximate surface area is 159 Å². The largest absolute Gasteiger partial charge is 0.459 e. The van der Waals surface area contributed by atoms with Gasteiger partial charge in [0.1, 0.15) is 17.3 Å². The number of aromatic nitrogens is 2. The molecule has 1 atom stereocenters. The normalized spacial score (nSPS) is 18.4. The van der Waals surface area contributed by atoms with E-state index in [0.717, 1.165) is 29.8 Å². The molecule has 0 radical (unpaired) electrons. The molecule has 1 saturated heterocycles. The third kappa shape index (κ3) is 3.16. The lowest BCUT2D eigenvalue weighted by Crippen LogP contribution is -2.33. The first-order valence-corrected chi connectivity index (χ1v) is 9.56. The fraction of sp³-hybridized carbons (Fsp3) is 0.304. The first kappa shape index (κ1) is 17.5. The van der Waals surface area contributed by atoms with E-state index in [2.05, 4.69) is 16.5 Å². The summed E-state index contributed by atoms with van der Waals surface area (Å²) in [4.78, 5) is 17.6. The van der Waals surface area contributed by atoms with E-state index in [-0.39, 0.29) is 12.1 Å². The van der Waals surface area contributed by atoms with E-state index in [1.54, 1.807) is 0 Å². The maximum Gasteiger partial charge on any atom is 0.321 e. The molecule has 3 aromatic rings. The van der Waals surface area contributed by atoms with E-state index in [9.17, 15) is 4.79 Å². The van der Waals surface area contributed by atoms with Crippen LogP contribution in [0.25, 0.3) is 0 Å². The second kappa shape index (κ2) is 7.39. The van der Waals surface area contributed by atoms with Gasteiger partial charge in [-0.2, -0.15) is 0 Å². The van der Waals surface area contributed by atoms with Crippen LogP contribution >= 0.6 is 0 Å². The van der Waals surface area contributed by atoms with Crippen molar-refractivity contribution in [2.24, 2.45) is 0 Å². The van der Waals surface area contributed by atoms with Crippen molar-refractivity contribution in [3.63, 3.8) is 0 Å². The van der Waals surface area contributed by atoms with E-state index in [1.165, 1.54) is 0 Å². The molecule has 1 aliphatic heterocycles. The monoisotopic (exact) mass is 360 g/mol. The molecule has 1 aromatic heterocycles. The number of rotatable bonds is 6. The summed E-state index contributed by atoms with van der Waals surface area (Å²) in [5.41, 5.74) is 1.23. The summed E-state index contributed by atoms with van der Waals surface area (Å²) in [6.07, 6.45) is 6.22. The summed E-state index contributed by atoms with van der Waals surface area (Å²) in [7, 11) is 0. The third-order valence-corrected chi connectivity index (χ3v) is 5.36. The molecule has 0 aliphatic carbocycles. The summed E-state index contributed by atoms with van der Waals surface area (Å²) < 4.78 is 8.02. The van der Waals surface area contributed by atoms with E-state index >= 15 is 0 Å². The molecule has 0 spiro atoms. The lowest BCUT2D eigenvalue weighted by Gasteiger charge is -2.26. The zero-order valence-corrected chi connectivity index (χ0v) is 15.5. The predicted molar refractivity (Wildman–Crippen MR) is 104 cm³/mol. The van der Waals surface area contributed by atoms with Crippen LogP contribution in [0.3, 0.4) is 0 Å². The van der Waals surface area contributed by atoms with Crippen LogP contribution in [0.5, 0.6) is 0 Å². The average Bonchev–Trinajstić information content (AvgIpc) is 3.28. The molecule has 2 aromatic carbocycles.